The van der Waals surface area contributed by atoms with E-state index in [1.54, 1.807) is 0 Å². The Morgan fingerprint density at radius 3 is 2.56 bits per heavy atom. The van der Waals surface area contributed by atoms with Gasteiger partial charge >= 0.3 is 0 Å². The quantitative estimate of drug-likeness (QED) is 0.783. The zero-order valence-electron chi connectivity index (χ0n) is 11.1. The number of alkyl halides is 1. The first-order valence-corrected chi connectivity index (χ1v) is 6.42. The molecule has 0 amide bonds. The van der Waals surface area contributed by atoms with Gasteiger partial charge in [0.05, 0.1) is 0 Å². The van der Waals surface area contributed by atoms with Crippen LogP contribution in [0.15, 0.2) is 42.5 Å². The molecule has 0 aromatic heterocycles. The van der Waals surface area contributed by atoms with E-state index in [2.05, 4.69) is 54.3 Å². The van der Waals surface area contributed by atoms with Crippen LogP contribution in [0.2, 0.25) is 0 Å². The number of hydrogen-bond acceptors (Lipinski definition) is 1. The summed E-state index contributed by atoms with van der Waals surface area (Å²) in [5.74, 6) is 0. The third-order valence-corrected chi connectivity index (χ3v) is 3.47. The number of nitrogens with zero attached hydrogens (tertiary/aromatic N) is 1. The summed E-state index contributed by atoms with van der Waals surface area (Å²) in [6.07, 6.45) is 7.51. The second-order valence-electron chi connectivity index (χ2n) is 4.86. The lowest BCUT2D eigenvalue weighted by Crippen LogP contribution is -2.32. The summed E-state index contributed by atoms with van der Waals surface area (Å²) in [7, 11) is 1.97. The number of halogens is 1. The van der Waals surface area contributed by atoms with Crippen molar-refractivity contribution in [3.05, 3.63) is 53.6 Å². The maximum Gasteiger partial charge on any atom is 0.102 e. The number of rotatable bonds is 4. The van der Waals surface area contributed by atoms with Gasteiger partial charge in [-0.1, -0.05) is 48.1 Å². The van der Waals surface area contributed by atoms with Gasteiger partial charge < -0.3 is 0 Å². The first kappa shape index (κ1) is 13.0. The molecular formula is C16H20FN. The van der Waals surface area contributed by atoms with E-state index >= 15 is 0 Å². The van der Waals surface area contributed by atoms with Crippen LogP contribution < -0.4 is 0 Å². The molecular weight excluding hydrogens is 225 g/mol. The van der Waals surface area contributed by atoms with Crippen molar-refractivity contribution in [1.29, 1.82) is 0 Å². The highest BCUT2D eigenvalue weighted by Crippen LogP contribution is 2.23. The Bertz CT molecular complexity index is 445. The summed E-state index contributed by atoms with van der Waals surface area (Å²) < 4.78 is 12.3. The van der Waals surface area contributed by atoms with Gasteiger partial charge in [-0.05, 0) is 31.5 Å². The van der Waals surface area contributed by atoms with Crippen LogP contribution in [0.3, 0.4) is 0 Å². The van der Waals surface area contributed by atoms with Crippen LogP contribution in [0.5, 0.6) is 0 Å². The summed E-state index contributed by atoms with van der Waals surface area (Å²) >= 11 is 0. The van der Waals surface area contributed by atoms with E-state index in [1.165, 1.54) is 16.7 Å². The van der Waals surface area contributed by atoms with Crippen LogP contribution in [-0.2, 0) is 0 Å². The molecule has 0 spiro atoms. The van der Waals surface area contributed by atoms with Crippen LogP contribution in [-0.4, -0.2) is 31.2 Å². The minimum Gasteiger partial charge on any atom is -0.297 e. The summed E-state index contributed by atoms with van der Waals surface area (Å²) in [6, 6.07) is 8.89. The number of benzene rings is 1. The fourth-order valence-corrected chi connectivity index (χ4v) is 2.20. The Labute approximate surface area is 109 Å². The van der Waals surface area contributed by atoms with Gasteiger partial charge in [0.15, 0.2) is 0 Å². The molecule has 96 valence electrons. The maximum absolute atomic E-state index is 12.3. The highest BCUT2D eigenvalue weighted by atomic mass is 19.1. The third kappa shape index (κ3) is 3.08. The van der Waals surface area contributed by atoms with E-state index < -0.39 is 0 Å². The van der Waals surface area contributed by atoms with Crippen molar-refractivity contribution in [2.75, 3.05) is 20.3 Å². The predicted octanol–water partition coefficient (Wildman–Crippen LogP) is 3.61. The SMILES string of the molecule is Cc1ccc(C2=CCC(N(C)CCF)C=C2)cc1. The third-order valence-electron chi connectivity index (χ3n) is 3.47. The average Bonchev–Trinajstić information content (AvgIpc) is 2.40. The van der Waals surface area contributed by atoms with Crippen LogP contribution >= 0.6 is 0 Å². The molecule has 1 aliphatic rings. The normalized spacial score (nSPS) is 19.1. The highest BCUT2D eigenvalue weighted by molar-refractivity contribution is 5.75. The van der Waals surface area contributed by atoms with E-state index in [0.29, 0.717) is 12.6 Å². The molecule has 1 aromatic rings. The van der Waals surface area contributed by atoms with Gasteiger partial charge in [0.25, 0.3) is 0 Å². The molecule has 0 fully saturated rings. The Balaban J connectivity index is 2.03. The molecule has 1 aromatic carbocycles. The fraction of sp³-hybridized carbons (Fsp3) is 0.375. The molecule has 0 heterocycles. The summed E-state index contributed by atoms with van der Waals surface area (Å²) in [5, 5.41) is 0. The Morgan fingerprint density at radius 2 is 2.00 bits per heavy atom. The van der Waals surface area contributed by atoms with E-state index in [-0.39, 0.29) is 6.67 Å². The molecule has 1 nitrogen and oxygen atoms in total. The van der Waals surface area contributed by atoms with Gasteiger partial charge in [-0.3, -0.25) is 4.90 Å². The molecule has 2 rings (SSSR count). The molecule has 1 atom stereocenters. The lowest BCUT2D eigenvalue weighted by molar-refractivity contribution is 0.254. The topological polar surface area (TPSA) is 3.24 Å². The first-order chi connectivity index (χ1) is 8.70. The van der Waals surface area contributed by atoms with Gasteiger partial charge in [-0.25, -0.2) is 4.39 Å². The van der Waals surface area contributed by atoms with E-state index in [4.69, 9.17) is 0 Å². The number of aryl methyl sites for hydroxylation is 1. The molecule has 18 heavy (non-hydrogen) atoms. The second kappa shape index (κ2) is 5.96. The smallest absolute Gasteiger partial charge is 0.102 e. The fourth-order valence-electron chi connectivity index (χ4n) is 2.20. The van der Waals surface area contributed by atoms with Crippen molar-refractivity contribution in [1.82, 2.24) is 4.90 Å². The summed E-state index contributed by atoms with van der Waals surface area (Å²) in [6.45, 7) is 2.31. The summed E-state index contributed by atoms with van der Waals surface area (Å²) in [5.41, 5.74) is 3.79. The van der Waals surface area contributed by atoms with Crippen molar-refractivity contribution in [3.8, 4) is 0 Å². The zero-order chi connectivity index (χ0) is 13.0. The summed E-state index contributed by atoms with van der Waals surface area (Å²) in [4.78, 5) is 2.05. The Kier molecular flexibility index (Phi) is 4.32. The minimum atomic E-state index is -0.282. The molecule has 0 radical (unpaired) electrons. The van der Waals surface area contributed by atoms with Crippen LogP contribution in [0, 0.1) is 6.92 Å². The van der Waals surface area contributed by atoms with Gasteiger partial charge in [0.1, 0.15) is 6.67 Å². The number of allylic oxidation sites excluding steroid dienone is 2. The van der Waals surface area contributed by atoms with Crippen molar-refractivity contribution in [2.45, 2.75) is 19.4 Å². The predicted molar refractivity (Wildman–Crippen MR) is 75.3 cm³/mol. The van der Waals surface area contributed by atoms with Crippen molar-refractivity contribution >= 4 is 5.57 Å². The van der Waals surface area contributed by atoms with Gasteiger partial charge in [0, 0.05) is 12.6 Å². The van der Waals surface area contributed by atoms with Crippen molar-refractivity contribution in [3.63, 3.8) is 0 Å². The molecule has 0 N–H and O–H groups in total. The Morgan fingerprint density at radius 1 is 1.28 bits per heavy atom. The molecule has 0 saturated heterocycles. The van der Waals surface area contributed by atoms with Gasteiger partial charge in [-0.2, -0.15) is 0 Å². The monoisotopic (exact) mass is 245 g/mol. The highest BCUT2D eigenvalue weighted by Gasteiger charge is 2.13. The number of likely N-dealkylation sites (N-methyl/N-ethyl adjacent to an activating group) is 1. The second-order valence-corrected chi connectivity index (χ2v) is 4.86. The largest absolute Gasteiger partial charge is 0.297 e. The molecule has 0 bridgehead atoms. The van der Waals surface area contributed by atoms with Crippen molar-refractivity contribution in [2.24, 2.45) is 0 Å². The van der Waals surface area contributed by atoms with E-state index in [9.17, 15) is 4.39 Å². The maximum atomic E-state index is 12.3. The standard InChI is InChI=1S/C16H20FN/c1-13-3-5-14(6-4-13)15-7-9-16(10-8-15)18(2)12-11-17/h3-9,16H,10-12H2,1-2H3. The van der Waals surface area contributed by atoms with Crippen molar-refractivity contribution < 1.29 is 4.39 Å². The zero-order valence-corrected chi connectivity index (χ0v) is 11.1. The minimum absolute atomic E-state index is 0.282. The van der Waals surface area contributed by atoms with Gasteiger partial charge in [-0.15, -0.1) is 0 Å². The lowest BCUT2D eigenvalue weighted by Gasteiger charge is -2.26. The Hall–Kier alpha value is -1.41. The van der Waals surface area contributed by atoms with Crippen LogP contribution in [0.25, 0.3) is 5.57 Å². The lowest BCUT2D eigenvalue weighted by atomic mass is 9.96. The molecule has 1 unspecified atom stereocenters. The molecule has 2 heteroatoms. The van der Waals surface area contributed by atoms with E-state index in [0.717, 1.165) is 6.42 Å². The molecule has 1 aliphatic carbocycles. The number of hydrogen-bond donors (Lipinski definition) is 0. The first-order valence-electron chi connectivity index (χ1n) is 6.42. The van der Waals surface area contributed by atoms with E-state index in [1.807, 2.05) is 7.05 Å². The average molecular weight is 245 g/mol. The molecule has 0 saturated carbocycles. The van der Waals surface area contributed by atoms with Gasteiger partial charge in [0.2, 0.25) is 0 Å². The van der Waals surface area contributed by atoms with Crippen LogP contribution in [0.1, 0.15) is 17.5 Å². The molecule has 0 aliphatic heterocycles. The van der Waals surface area contributed by atoms with Crippen LogP contribution in [0.4, 0.5) is 4.39 Å².